The summed E-state index contributed by atoms with van der Waals surface area (Å²) in [6.07, 6.45) is 0.860. The summed E-state index contributed by atoms with van der Waals surface area (Å²) in [4.78, 5) is 0. The topological polar surface area (TPSA) is 9.23 Å². The number of ether oxygens (including phenoxy) is 1. The van der Waals surface area contributed by atoms with E-state index in [-0.39, 0.29) is 17.3 Å². The molecule has 132 valence electrons. The molecule has 0 aromatic heterocycles. The maximum atomic E-state index is 14.3. The van der Waals surface area contributed by atoms with Crippen molar-refractivity contribution in [1.82, 2.24) is 0 Å². The van der Waals surface area contributed by atoms with E-state index < -0.39 is 0 Å². The van der Waals surface area contributed by atoms with Gasteiger partial charge >= 0.3 is 0 Å². The summed E-state index contributed by atoms with van der Waals surface area (Å²) >= 11 is 0. The Bertz CT molecular complexity index is 641. The summed E-state index contributed by atoms with van der Waals surface area (Å²) in [5.74, 6) is -0.197. The highest BCUT2D eigenvalue weighted by molar-refractivity contribution is 5.69. The number of methoxy groups -OCH3 is 1. The molecule has 0 saturated carbocycles. The summed E-state index contributed by atoms with van der Waals surface area (Å²) in [5.41, 5.74) is 3.77. The third kappa shape index (κ3) is 4.67. The fourth-order valence-electron chi connectivity index (χ4n) is 2.92. The van der Waals surface area contributed by atoms with Crippen molar-refractivity contribution < 1.29 is 9.13 Å². The number of aryl methyl sites for hydroxylation is 1. The van der Waals surface area contributed by atoms with Crippen LogP contribution in [0.4, 0.5) is 4.39 Å². The van der Waals surface area contributed by atoms with E-state index in [0.29, 0.717) is 5.56 Å². The van der Waals surface area contributed by atoms with Crippen molar-refractivity contribution in [2.75, 3.05) is 7.11 Å². The molecular formula is C22H31FO. The Kier molecular flexibility index (Phi) is 7.62. The van der Waals surface area contributed by atoms with Crippen molar-refractivity contribution >= 4 is 0 Å². The first-order valence-electron chi connectivity index (χ1n) is 8.79. The third-order valence-electron chi connectivity index (χ3n) is 3.99. The highest BCUT2D eigenvalue weighted by Gasteiger charge is 2.29. The predicted molar refractivity (Wildman–Crippen MR) is 102 cm³/mol. The zero-order valence-corrected chi connectivity index (χ0v) is 16.1. The molecule has 0 aliphatic carbocycles. The van der Waals surface area contributed by atoms with Gasteiger partial charge in [-0.2, -0.15) is 0 Å². The molecular weight excluding hydrogens is 299 g/mol. The van der Waals surface area contributed by atoms with Crippen molar-refractivity contribution in [3.8, 4) is 11.1 Å². The maximum Gasteiger partial charge on any atom is 0.131 e. The zero-order valence-electron chi connectivity index (χ0n) is 16.1. The van der Waals surface area contributed by atoms with Gasteiger partial charge in [0.1, 0.15) is 5.82 Å². The first kappa shape index (κ1) is 20.4. The Morgan fingerprint density at radius 2 is 1.62 bits per heavy atom. The van der Waals surface area contributed by atoms with Gasteiger partial charge in [0.15, 0.2) is 0 Å². The van der Waals surface area contributed by atoms with Crippen molar-refractivity contribution in [1.29, 1.82) is 0 Å². The van der Waals surface area contributed by atoms with E-state index in [1.165, 1.54) is 11.6 Å². The number of rotatable bonds is 4. The molecule has 0 amide bonds. The molecule has 0 spiro atoms. The lowest BCUT2D eigenvalue weighted by atomic mass is 9.81. The van der Waals surface area contributed by atoms with E-state index in [2.05, 4.69) is 39.8 Å². The normalized spacial score (nSPS) is 12.3. The van der Waals surface area contributed by atoms with Crippen molar-refractivity contribution in [2.45, 2.75) is 54.1 Å². The second kappa shape index (κ2) is 8.98. The molecule has 2 heteroatoms. The minimum atomic E-state index is -0.197. The van der Waals surface area contributed by atoms with Gasteiger partial charge in [0, 0.05) is 12.7 Å². The van der Waals surface area contributed by atoms with Gasteiger partial charge in [0.2, 0.25) is 0 Å². The van der Waals surface area contributed by atoms with Gasteiger partial charge in [-0.05, 0) is 34.6 Å². The van der Waals surface area contributed by atoms with E-state index in [1.54, 1.807) is 13.2 Å². The summed E-state index contributed by atoms with van der Waals surface area (Å²) in [6.45, 7) is 12.6. The Hall–Kier alpha value is -1.67. The minimum absolute atomic E-state index is 0.0683. The molecule has 0 bridgehead atoms. The SMILES string of the molecule is CC.CCc1ccc(-c2ccccc2F)c(C(OC)C(C)(C)C)c1. The average molecular weight is 330 g/mol. The van der Waals surface area contributed by atoms with Gasteiger partial charge < -0.3 is 4.74 Å². The minimum Gasteiger partial charge on any atom is -0.376 e. The van der Waals surface area contributed by atoms with Crippen molar-refractivity contribution in [3.63, 3.8) is 0 Å². The Morgan fingerprint density at radius 3 is 2.12 bits per heavy atom. The third-order valence-corrected chi connectivity index (χ3v) is 3.99. The lowest BCUT2D eigenvalue weighted by Gasteiger charge is -2.31. The quantitative estimate of drug-likeness (QED) is 0.598. The van der Waals surface area contributed by atoms with Crippen LogP contribution < -0.4 is 0 Å². The Morgan fingerprint density at radius 1 is 1.00 bits per heavy atom. The van der Waals surface area contributed by atoms with Crippen LogP contribution in [0.25, 0.3) is 11.1 Å². The molecule has 1 unspecified atom stereocenters. The van der Waals surface area contributed by atoms with Gasteiger partial charge in [0.25, 0.3) is 0 Å². The van der Waals surface area contributed by atoms with Crippen LogP contribution in [0.2, 0.25) is 0 Å². The summed E-state index contributed by atoms with van der Waals surface area (Å²) in [6, 6.07) is 13.2. The van der Waals surface area contributed by atoms with Crippen LogP contribution in [0.3, 0.4) is 0 Å². The fraction of sp³-hybridized carbons (Fsp3) is 0.455. The summed E-state index contributed by atoms with van der Waals surface area (Å²) in [7, 11) is 1.72. The van der Waals surface area contributed by atoms with E-state index in [0.717, 1.165) is 17.5 Å². The van der Waals surface area contributed by atoms with Crippen molar-refractivity contribution in [2.24, 2.45) is 5.41 Å². The first-order valence-corrected chi connectivity index (χ1v) is 8.79. The molecule has 2 rings (SSSR count). The number of halogens is 1. The van der Waals surface area contributed by atoms with Gasteiger partial charge in [-0.1, -0.05) is 77.9 Å². The Labute approximate surface area is 146 Å². The van der Waals surface area contributed by atoms with Gasteiger partial charge in [-0.3, -0.25) is 0 Å². The highest BCUT2D eigenvalue weighted by Crippen LogP contribution is 2.41. The van der Waals surface area contributed by atoms with Crippen LogP contribution in [0.15, 0.2) is 42.5 Å². The number of benzene rings is 2. The molecule has 0 heterocycles. The molecule has 0 fully saturated rings. The van der Waals surface area contributed by atoms with Crippen LogP contribution in [0.1, 0.15) is 58.8 Å². The van der Waals surface area contributed by atoms with E-state index in [9.17, 15) is 4.39 Å². The van der Waals surface area contributed by atoms with Crippen LogP contribution in [0, 0.1) is 11.2 Å². The Balaban J connectivity index is 0.00000139. The lowest BCUT2D eigenvalue weighted by molar-refractivity contribution is 0.0155. The van der Waals surface area contributed by atoms with Gasteiger partial charge in [-0.15, -0.1) is 0 Å². The molecule has 0 N–H and O–H groups in total. The molecule has 0 saturated heterocycles. The monoisotopic (exact) mass is 330 g/mol. The molecule has 2 aromatic carbocycles. The molecule has 0 aliphatic heterocycles. The van der Waals surface area contributed by atoms with Crippen LogP contribution >= 0.6 is 0 Å². The largest absolute Gasteiger partial charge is 0.376 e. The van der Waals surface area contributed by atoms with Crippen LogP contribution in [0.5, 0.6) is 0 Å². The van der Waals surface area contributed by atoms with Crippen LogP contribution in [-0.2, 0) is 11.2 Å². The molecule has 24 heavy (non-hydrogen) atoms. The molecule has 0 aliphatic rings. The molecule has 0 radical (unpaired) electrons. The smallest absolute Gasteiger partial charge is 0.131 e. The second-order valence-corrected chi connectivity index (χ2v) is 6.74. The van der Waals surface area contributed by atoms with E-state index >= 15 is 0 Å². The maximum absolute atomic E-state index is 14.3. The van der Waals surface area contributed by atoms with E-state index in [4.69, 9.17) is 4.74 Å². The lowest BCUT2D eigenvalue weighted by Crippen LogP contribution is -2.21. The van der Waals surface area contributed by atoms with Crippen molar-refractivity contribution in [3.05, 3.63) is 59.4 Å². The first-order chi connectivity index (χ1) is 11.4. The number of hydrogen-bond acceptors (Lipinski definition) is 1. The molecule has 1 atom stereocenters. The predicted octanol–water partition coefficient (Wildman–Crippen LogP) is 6.81. The van der Waals surface area contributed by atoms with Crippen LogP contribution in [-0.4, -0.2) is 7.11 Å². The zero-order chi connectivity index (χ0) is 18.3. The van der Waals surface area contributed by atoms with Gasteiger partial charge in [0.05, 0.1) is 6.10 Å². The van der Waals surface area contributed by atoms with Gasteiger partial charge in [-0.25, -0.2) is 4.39 Å². The summed E-state index contributed by atoms with van der Waals surface area (Å²) < 4.78 is 20.0. The second-order valence-electron chi connectivity index (χ2n) is 6.74. The standard InChI is InChI=1S/C20H25FO.C2H6/c1-6-14-11-12-15(16-9-7-8-10-18(16)21)17(13-14)19(22-5)20(2,3)4;1-2/h7-13,19H,6H2,1-5H3;1-2H3. The van der Waals surface area contributed by atoms with E-state index in [1.807, 2.05) is 32.0 Å². The average Bonchev–Trinajstić information content (AvgIpc) is 2.56. The highest BCUT2D eigenvalue weighted by atomic mass is 19.1. The fourth-order valence-corrected chi connectivity index (χ4v) is 2.92. The molecule has 1 nitrogen and oxygen atoms in total. The molecule has 2 aromatic rings. The summed E-state index contributed by atoms with van der Waals surface area (Å²) in [5, 5.41) is 0. The number of hydrogen-bond donors (Lipinski definition) is 0.